The van der Waals surface area contributed by atoms with E-state index in [-0.39, 0.29) is 0 Å². The lowest BCUT2D eigenvalue weighted by molar-refractivity contribution is 0.956. The van der Waals surface area contributed by atoms with E-state index in [1.165, 1.54) is 11.3 Å². The van der Waals surface area contributed by atoms with Crippen LogP contribution in [0.15, 0.2) is 16.6 Å². The monoisotopic (exact) mass is 226 g/mol. The van der Waals surface area contributed by atoms with E-state index in [0.717, 1.165) is 23.1 Å². The molecule has 64 valence electrons. The van der Waals surface area contributed by atoms with Gasteiger partial charge in [-0.1, -0.05) is 0 Å². The predicted octanol–water partition coefficient (Wildman–Crippen LogP) is 2.02. The van der Waals surface area contributed by atoms with Gasteiger partial charge < -0.3 is 10.6 Å². The van der Waals surface area contributed by atoms with Crippen molar-refractivity contribution >= 4 is 27.3 Å². The first-order valence-electron chi connectivity index (χ1n) is 3.97. The van der Waals surface area contributed by atoms with E-state index in [4.69, 9.17) is 5.73 Å². The Bertz CT molecular complexity index is 323. The van der Waals surface area contributed by atoms with Crippen LogP contribution in [0.25, 0.3) is 0 Å². The first-order chi connectivity index (χ1) is 5.68. The first kappa shape index (κ1) is 7.92. The lowest BCUT2D eigenvalue weighted by Crippen LogP contribution is -2.12. The molecule has 0 bridgehead atoms. The normalized spacial score (nSPS) is 15.0. The molecular formula is C9H11BrN2. The number of nitrogen functional groups attached to an aromatic ring is 1. The summed E-state index contributed by atoms with van der Waals surface area (Å²) in [6.45, 7) is 1.10. The van der Waals surface area contributed by atoms with Crippen molar-refractivity contribution in [3.05, 3.63) is 22.2 Å². The minimum Gasteiger partial charge on any atom is -0.398 e. The number of hydrogen-bond acceptors (Lipinski definition) is 2. The van der Waals surface area contributed by atoms with Gasteiger partial charge in [0.15, 0.2) is 0 Å². The molecule has 0 radical (unpaired) electrons. The Morgan fingerprint density at radius 1 is 1.50 bits per heavy atom. The molecule has 0 fully saturated rings. The Labute approximate surface area is 80.5 Å². The van der Waals surface area contributed by atoms with Gasteiger partial charge in [-0.3, -0.25) is 0 Å². The number of halogens is 1. The van der Waals surface area contributed by atoms with E-state index in [9.17, 15) is 0 Å². The number of rotatable bonds is 0. The van der Waals surface area contributed by atoms with Crippen molar-refractivity contribution in [2.24, 2.45) is 0 Å². The number of benzene rings is 1. The van der Waals surface area contributed by atoms with E-state index in [1.54, 1.807) is 0 Å². The van der Waals surface area contributed by atoms with Crippen molar-refractivity contribution in [1.29, 1.82) is 0 Å². The molecule has 12 heavy (non-hydrogen) atoms. The predicted molar refractivity (Wildman–Crippen MR) is 55.5 cm³/mol. The molecule has 0 saturated heterocycles. The molecule has 1 aliphatic rings. The molecule has 1 aliphatic heterocycles. The highest BCUT2D eigenvalue weighted by Crippen LogP contribution is 2.33. The third-order valence-corrected chi connectivity index (χ3v) is 3.01. The van der Waals surface area contributed by atoms with Crippen LogP contribution in [0.1, 0.15) is 5.56 Å². The summed E-state index contributed by atoms with van der Waals surface area (Å²) in [5.74, 6) is 0. The largest absolute Gasteiger partial charge is 0.398 e. The minimum absolute atomic E-state index is 0.837. The van der Waals surface area contributed by atoms with Crippen LogP contribution in [0.5, 0.6) is 0 Å². The third kappa shape index (κ3) is 1.08. The minimum atomic E-state index is 0.837. The quantitative estimate of drug-likeness (QED) is 0.687. The molecule has 0 atom stereocenters. The highest BCUT2D eigenvalue weighted by Gasteiger charge is 2.16. The summed E-state index contributed by atoms with van der Waals surface area (Å²) in [4.78, 5) is 2.25. The van der Waals surface area contributed by atoms with Crippen LogP contribution in [-0.2, 0) is 6.42 Å². The van der Waals surface area contributed by atoms with Crippen molar-refractivity contribution < 1.29 is 0 Å². The molecule has 0 aromatic heterocycles. The first-order valence-corrected chi connectivity index (χ1v) is 4.77. The summed E-state index contributed by atoms with van der Waals surface area (Å²) < 4.78 is 0.995. The van der Waals surface area contributed by atoms with Crippen LogP contribution in [0.4, 0.5) is 11.4 Å². The lowest BCUT2D eigenvalue weighted by atomic mass is 10.1. The summed E-state index contributed by atoms with van der Waals surface area (Å²) in [5.41, 5.74) is 9.27. The molecule has 0 saturated carbocycles. The zero-order chi connectivity index (χ0) is 8.72. The van der Waals surface area contributed by atoms with Crippen LogP contribution in [-0.4, -0.2) is 13.6 Å². The van der Waals surface area contributed by atoms with E-state index in [0.29, 0.717) is 0 Å². The number of nitrogens with two attached hydrogens (primary N) is 1. The van der Waals surface area contributed by atoms with Crippen LogP contribution in [0.3, 0.4) is 0 Å². The average molecular weight is 227 g/mol. The summed E-state index contributed by atoms with van der Waals surface area (Å²) in [6.07, 6.45) is 1.11. The number of nitrogens with zero attached hydrogens (tertiary/aromatic N) is 1. The lowest BCUT2D eigenvalue weighted by Gasteiger charge is -2.12. The van der Waals surface area contributed by atoms with Gasteiger partial charge in [0, 0.05) is 29.4 Å². The number of anilines is 2. The van der Waals surface area contributed by atoms with Gasteiger partial charge in [-0.05, 0) is 40.0 Å². The van der Waals surface area contributed by atoms with Gasteiger partial charge >= 0.3 is 0 Å². The maximum atomic E-state index is 5.77. The van der Waals surface area contributed by atoms with Gasteiger partial charge in [-0.2, -0.15) is 0 Å². The van der Waals surface area contributed by atoms with Crippen LogP contribution in [0.2, 0.25) is 0 Å². The molecule has 0 aliphatic carbocycles. The fourth-order valence-electron chi connectivity index (χ4n) is 1.59. The molecule has 2 N–H and O–H groups in total. The Balaban J connectivity index is 2.56. The summed E-state index contributed by atoms with van der Waals surface area (Å²) in [7, 11) is 2.11. The standard InChI is InChI=1S/C9H11BrN2/c1-12-3-2-6-4-8(11)7(10)5-9(6)12/h4-5H,2-3,11H2,1H3. The van der Waals surface area contributed by atoms with Gasteiger partial charge in [-0.15, -0.1) is 0 Å². The molecule has 0 amide bonds. The molecule has 2 nitrogen and oxygen atoms in total. The average Bonchev–Trinajstić information content (AvgIpc) is 2.35. The molecule has 1 heterocycles. The van der Waals surface area contributed by atoms with Gasteiger partial charge in [0.05, 0.1) is 0 Å². The smallest absolute Gasteiger partial charge is 0.0462 e. The number of fused-ring (bicyclic) bond motifs is 1. The number of hydrogen-bond donors (Lipinski definition) is 1. The topological polar surface area (TPSA) is 29.3 Å². The fraction of sp³-hybridized carbons (Fsp3) is 0.333. The van der Waals surface area contributed by atoms with Crippen molar-refractivity contribution in [2.45, 2.75) is 6.42 Å². The van der Waals surface area contributed by atoms with Gasteiger partial charge in [0.2, 0.25) is 0 Å². The number of likely N-dealkylation sites (N-methyl/N-ethyl adjacent to an activating group) is 1. The third-order valence-electron chi connectivity index (χ3n) is 2.33. The van der Waals surface area contributed by atoms with E-state index < -0.39 is 0 Å². The summed E-state index contributed by atoms with van der Waals surface area (Å²) >= 11 is 3.42. The summed E-state index contributed by atoms with van der Waals surface area (Å²) in [5, 5.41) is 0. The zero-order valence-corrected chi connectivity index (χ0v) is 8.56. The highest BCUT2D eigenvalue weighted by molar-refractivity contribution is 9.10. The molecule has 1 aromatic rings. The zero-order valence-electron chi connectivity index (χ0n) is 6.97. The second kappa shape index (κ2) is 2.66. The van der Waals surface area contributed by atoms with Crippen molar-refractivity contribution in [3.63, 3.8) is 0 Å². The Morgan fingerprint density at radius 2 is 2.25 bits per heavy atom. The molecule has 0 spiro atoms. The van der Waals surface area contributed by atoms with Gasteiger partial charge in [0.25, 0.3) is 0 Å². The van der Waals surface area contributed by atoms with Crippen molar-refractivity contribution in [1.82, 2.24) is 0 Å². The fourth-order valence-corrected chi connectivity index (χ4v) is 1.92. The van der Waals surface area contributed by atoms with Crippen molar-refractivity contribution in [3.8, 4) is 0 Å². The summed E-state index contributed by atoms with van der Waals surface area (Å²) in [6, 6.07) is 4.15. The molecular weight excluding hydrogens is 216 g/mol. The van der Waals surface area contributed by atoms with Crippen LogP contribution in [0, 0.1) is 0 Å². The van der Waals surface area contributed by atoms with Crippen LogP contribution < -0.4 is 10.6 Å². The second-order valence-electron chi connectivity index (χ2n) is 3.17. The van der Waals surface area contributed by atoms with E-state index in [2.05, 4.69) is 40.0 Å². The maximum Gasteiger partial charge on any atom is 0.0462 e. The Kier molecular flexibility index (Phi) is 1.76. The molecule has 0 unspecified atom stereocenters. The maximum absolute atomic E-state index is 5.77. The Hall–Kier alpha value is -0.700. The van der Waals surface area contributed by atoms with Crippen LogP contribution >= 0.6 is 15.9 Å². The Morgan fingerprint density at radius 3 is 3.00 bits per heavy atom. The van der Waals surface area contributed by atoms with E-state index >= 15 is 0 Å². The van der Waals surface area contributed by atoms with Gasteiger partial charge in [-0.25, -0.2) is 0 Å². The van der Waals surface area contributed by atoms with Gasteiger partial charge in [0.1, 0.15) is 0 Å². The second-order valence-corrected chi connectivity index (χ2v) is 4.03. The highest BCUT2D eigenvalue weighted by atomic mass is 79.9. The van der Waals surface area contributed by atoms with Crippen molar-refractivity contribution in [2.75, 3.05) is 24.2 Å². The molecule has 3 heteroatoms. The molecule has 2 rings (SSSR count). The van der Waals surface area contributed by atoms with E-state index in [1.807, 2.05) is 0 Å². The molecule has 1 aromatic carbocycles. The SMILES string of the molecule is CN1CCc2cc(N)c(Br)cc21.